The number of benzene rings is 1. The Kier molecular flexibility index (Phi) is 7.43. The minimum absolute atomic E-state index is 0.783. The number of hydrogen-bond acceptors (Lipinski definition) is 3. The Hall–Kier alpha value is -1.06. The van der Waals surface area contributed by atoms with E-state index in [-0.39, 0.29) is 0 Å². The summed E-state index contributed by atoms with van der Waals surface area (Å²) in [4.78, 5) is 2.44. The van der Waals surface area contributed by atoms with Crippen LogP contribution in [0.5, 0.6) is 0 Å². The first-order valence-corrected chi connectivity index (χ1v) is 6.58. The van der Waals surface area contributed by atoms with Gasteiger partial charge in [0, 0.05) is 18.8 Å². The lowest BCUT2D eigenvalue weighted by Crippen LogP contribution is -2.26. The fourth-order valence-corrected chi connectivity index (χ4v) is 1.90. The van der Waals surface area contributed by atoms with Crippen molar-refractivity contribution in [3.05, 3.63) is 30.3 Å². The summed E-state index contributed by atoms with van der Waals surface area (Å²) in [5.41, 5.74) is 12.4. The highest BCUT2D eigenvalue weighted by atomic mass is 15.1. The van der Waals surface area contributed by atoms with Crippen molar-refractivity contribution in [2.24, 2.45) is 11.5 Å². The van der Waals surface area contributed by atoms with E-state index in [2.05, 4.69) is 35.2 Å². The maximum atomic E-state index is 5.54. The molecule has 0 atom stereocenters. The average molecular weight is 235 g/mol. The second-order valence-electron chi connectivity index (χ2n) is 4.31. The highest BCUT2D eigenvalue weighted by molar-refractivity contribution is 5.45. The summed E-state index contributed by atoms with van der Waals surface area (Å²) >= 11 is 0. The molecule has 0 aliphatic heterocycles. The third-order valence-corrected chi connectivity index (χ3v) is 2.89. The number of hydrogen-bond donors (Lipinski definition) is 2. The van der Waals surface area contributed by atoms with Gasteiger partial charge in [-0.15, -0.1) is 0 Å². The van der Waals surface area contributed by atoms with Crippen LogP contribution in [0.2, 0.25) is 0 Å². The minimum Gasteiger partial charge on any atom is -0.372 e. The largest absolute Gasteiger partial charge is 0.372 e. The van der Waals surface area contributed by atoms with Crippen LogP contribution in [0, 0.1) is 0 Å². The average Bonchev–Trinajstić information content (AvgIpc) is 2.38. The molecule has 0 radical (unpaired) electrons. The second-order valence-corrected chi connectivity index (χ2v) is 4.31. The van der Waals surface area contributed by atoms with Gasteiger partial charge in [-0.2, -0.15) is 0 Å². The number of unbranched alkanes of at least 4 members (excludes halogenated alkanes) is 2. The van der Waals surface area contributed by atoms with Crippen molar-refractivity contribution in [1.29, 1.82) is 0 Å². The lowest BCUT2D eigenvalue weighted by Gasteiger charge is -2.24. The zero-order valence-corrected chi connectivity index (χ0v) is 10.6. The number of nitrogens with two attached hydrogens (primary N) is 2. The third-order valence-electron chi connectivity index (χ3n) is 2.89. The van der Waals surface area contributed by atoms with Crippen molar-refractivity contribution in [1.82, 2.24) is 0 Å². The van der Waals surface area contributed by atoms with Gasteiger partial charge >= 0.3 is 0 Å². The Labute approximate surface area is 105 Å². The molecular formula is C14H25N3. The van der Waals surface area contributed by atoms with Gasteiger partial charge in [0.25, 0.3) is 0 Å². The Morgan fingerprint density at radius 2 is 1.29 bits per heavy atom. The molecule has 0 aromatic heterocycles. The SMILES string of the molecule is NCCCCN(CCCCN)c1ccccc1. The first-order valence-electron chi connectivity index (χ1n) is 6.58. The van der Waals surface area contributed by atoms with Gasteiger partial charge in [0.05, 0.1) is 0 Å². The lowest BCUT2D eigenvalue weighted by atomic mass is 10.2. The highest BCUT2D eigenvalue weighted by Crippen LogP contribution is 2.14. The summed E-state index contributed by atoms with van der Waals surface area (Å²) in [6, 6.07) is 10.6. The van der Waals surface area contributed by atoms with Gasteiger partial charge in [-0.1, -0.05) is 18.2 Å². The van der Waals surface area contributed by atoms with E-state index in [1.165, 1.54) is 5.69 Å². The Morgan fingerprint density at radius 1 is 0.765 bits per heavy atom. The number of rotatable bonds is 9. The van der Waals surface area contributed by atoms with E-state index < -0.39 is 0 Å². The van der Waals surface area contributed by atoms with E-state index in [0.29, 0.717) is 0 Å². The molecule has 0 unspecified atom stereocenters. The summed E-state index contributed by atoms with van der Waals surface area (Å²) in [6.07, 6.45) is 4.52. The zero-order chi connectivity index (χ0) is 12.3. The molecule has 3 nitrogen and oxygen atoms in total. The summed E-state index contributed by atoms with van der Waals surface area (Å²) in [5, 5.41) is 0. The molecule has 0 aliphatic carbocycles. The summed E-state index contributed by atoms with van der Waals surface area (Å²) in [5.74, 6) is 0. The third kappa shape index (κ3) is 5.71. The van der Waals surface area contributed by atoms with Crippen LogP contribution >= 0.6 is 0 Å². The van der Waals surface area contributed by atoms with Gasteiger partial charge in [-0.25, -0.2) is 0 Å². The molecule has 0 saturated carbocycles. The Bertz CT molecular complexity index is 264. The van der Waals surface area contributed by atoms with Crippen molar-refractivity contribution in [3.63, 3.8) is 0 Å². The summed E-state index contributed by atoms with van der Waals surface area (Å²) < 4.78 is 0. The standard InChI is InChI=1S/C14H25N3/c15-10-4-6-12-17(13-7-5-11-16)14-8-2-1-3-9-14/h1-3,8-9H,4-7,10-13,15-16H2. The quantitative estimate of drug-likeness (QED) is 0.643. The number of anilines is 1. The molecule has 96 valence electrons. The summed E-state index contributed by atoms with van der Waals surface area (Å²) in [7, 11) is 0. The van der Waals surface area contributed by atoms with Crippen LogP contribution in [-0.2, 0) is 0 Å². The van der Waals surface area contributed by atoms with Crippen molar-refractivity contribution < 1.29 is 0 Å². The Morgan fingerprint density at radius 3 is 1.76 bits per heavy atom. The fourth-order valence-electron chi connectivity index (χ4n) is 1.90. The van der Waals surface area contributed by atoms with Crippen LogP contribution in [0.4, 0.5) is 5.69 Å². The summed E-state index contributed by atoms with van der Waals surface area (Å²) in [6.45, 7) is 3.74. The molecule has 0 amide bonds. The maximum Gasteiger partial charge on any atom is 0.0366 e. The van der Waals surface area contributed by atoms with Crippen LogP contribution in [0.1, 0.15) is 25.7 Å². The molecule has 1 aromatic rings. The fraction of sp³-hybridized carbons (Fsp3) is 0.571. The van der Waals surface area contributed by atoms with E-state index in [4.69, 9.17) is 11.5 Å². The zero-order valence-electron chi connectivity index (χ0n) is 10.6. The van der Waals surface area contributed by atoms with Crippen LogP contribution in [0.25, 0.3) is 0 Å². The molecule has 4 N–H and O–H groups in total. The van der Waals surface area contributed by atoms with Gasteiger partial charge in [-0.3, -0.25) is 0 Å². The van der Waals surface area contributed by atoms with Crippen LogP contribution < -0.4 is 16.4 Å². The normalized spacial score (nSPS) is 10.5. The monoisotopic (exact) mass is 235 g/mol. The van der Waals surface area contributed by atoms with Crippen molar-refractivity contribution >= 4 is 5.69 Å². The van der Waals surface area contributed by atoms with Gasteiger partial charge in [0.2, 0.25) is 0 Å². The molecule has 1 rings (SSSR count). The highest BCUT2D eigenvalue weighted by Gasteiger charge is 2.04. The molecule has 0 spiro atoms. The van der Waals surface area contributed by atoms with Crippen LogP contribution in [0.15, 0.2) is 30.3 Å². The van der Waals surface area contributed by atoms with Crippen molar-refractivity contribution in [3.8, 4) is 0 Å². The van der Waals surface area contributed by atoms with E-state index in [9.17, 15) is 0 Å². The van der Waals surface area contributed by atoms with Gasteiger partial charge in [0.15, 0.2) is 0 Å². The number of para-hydroxylation sites is 1. The smallest absolute Gasteiger partial charge is 0.0366 e. The molecule has 0 saturated heterocycles. The first kappa shape index (κ1) is 14.0. The van der Waals surface area contributed by atoms with Crippen molar-refractivity contribution in [2.75, 3.05) is 31.1 Å². The molecule has 1 aromatic carbocycles. The molecule has 3 heteroatoms. The minimum atomic E-state index is 0.783. The van der Waals surface area contributed by atoms with Gasteiger partial charge in [-0.05, 0) is 50.9 Å². The predicted octanol–water partition coefficient (Wildman–Crippen LogP) is 1.97. The van der Waals surface area contributed by atoms with Gasteiger partial charge in [0.1, 0.15) is 0 Å². The molecule has 0 heterocycles. The van der Waals surface area contributed by atoms with Crippen LogP contribution in [-0.4, -0.2) is 26.2 Å². The molecular weight excluding hydrogens is 210 g/mol. The second kappa shape index (κ2) is 9.02. The predicted molar refractivity (Wildman–Crippen MR) is 75.2 cm³/mol. The van der Waals surface area contributed by atoms with E-state index in [1.54, 1.807) is 0 Å². The molecule has 0 fully saturated rings. The maximum absolute atomic E-state index is 5.54. The molecule has 17 heavy (non-hydrogen) atoms. The van der Waals surface area contributed by atoms with E-state index in [0.717, 1.165) is 51.9 Å². The van der Waals surface area contributed by atoms with Crippen LogP contribution in [0.3, 0.4) is 0 Å². The van der Waals surface area contributed by atoms with E-state index in [1.807, 2.05) is 0 Å². The van der Waals surface area contributed by atoms with E-state index >= 15 is 0 Å². The topological polar surface area (TPSA) is 55.3 Å². The first-order chi connectivity index (χ1) is 8.38. The van der Waals surface area contributed by atoms with Gasteiger partial charge < -0.3 is 16.4 Å². The number of nitrogens with zero attached hydrogens (tertiary/aromatic N) is 1. The molecule has 0 aliphatic rings. The van der Waals surface area contributed by atoms with Crippen molar-refractivity contribution in [2.45, 2.75) is 25.7 Å². The lowest BCUT2D eigenvalue weighted by molar-refractivity contribution is 0.653. The Balaban J connectivity index is 2.46. The molecule has 0 bridgehead atoms.